The fourth-order valence-corrected chi connectivity index (χ4v) is 5.64. The molecular formula is C18H34O2Si. The fourth-order valence-electron chi connectivity index (χ4n) is 4.29. The molecule has 2 rings (SSSR count). The van der Waals surface area contributed by atoms with Crippen molar-refractivity contribution in [1.29, 1.82) is 0 Å². The van der Waals surface area contributed by atoms with E-state index in [0.717, 1.165) is 24.7 Å². The zero-order valence-electron chi connectivity index (χ0n) is 15.0. The van der Waals surface area contributed by atoms with Crippen LogP contribution in [-0.4, -0.2) is 19.6 Å². The first kappa shape index (κ1) is 17.0. The minimum absolute atomic E-state index is 0.0850. The zero-order chi connectivity index (χ0) is 16.0. The van der Waals surface area contributed by atoms with Gasteiger partial charge in [-0.05, 0) is 56.8 Å². The van der Waals surface area contributed by atoms with Gasteiger partial charge in [-0.1, -0.05) is 39.5 Å². The normalized spacial score (nSPS) is 36.0. The Hall–Kier alpha value is -0.313. The minimum Gasteiger partial charge on any atom is -0.459 e. The third-order valence-corrected chi connectivity index (χ3v) is 7.80. The summed E-state index contributed by atoms with van der Waals surface area (Å²) in [5, 5.41) is 0. The minimum atomic E-state index is -1.07. The Kier molecular flexibility index (Phi) is 4.64. The predicted octanol–water partition coefficient (Wildman–Crippen LogP) is 4.96. The van der Waals surface area contributed by atoms with Gasteiger partial charge < -0.3 is 4.74 Å². The summed E-state index contributed by atoms with van der Waals surface area (Å²) in [6.45, 7) is 16.0. The van der Waals surface area contributed by atoms with Crippen LogP contribution >= 0.6 is 0 Å². The van der Waals surface area contributed by atoms with Gasteiger partial charge in [0.25, 0.3) is 0 Å². The number of esters is 1. The zero-order valence-corrected chi connectivity index (χ0v) is 16.0. The highest BCUT2D eigenvalue weighted by atomic mass is 28.3. The van der Waals surface area contributed by atoms with E-state index in [9.17, 15) is 4.79 Å². The Morgan fingerprint density at radius 3 is 2.24 bits per heavy atom. The van der Waals surface area contributed by atoms with Crippen molar-refractivity contribution >= 4 is 14.0 Å². The molecule has 2 nitrogen and oxygen atoms in total. The summed E-state index contributed by atoms with van der Waals surface area (Å²) in [7, 11) is -1.07. The van der Waals surface area contributed by atoms with E-state index in [2.05, 4.69) is 47.3 Å². The van der Waals surface area contributed by atoms with Crippen molar-refractivity contribution in [3.8, 4) is 0 Å². The monoisotopic (exact) mass is 310 g/mol. The number of hydrogen-bond donors (Lipinski definition) is 0. The molecule has 122 valence electrons. The smallest absolute Gasteiger partial charge is 0.309 e. The average molecular weight is 311 g/mol. The van der Waals surface area contributed by atoms with Gasteiger partial charge in [-0.15, -0.1) is 0 Å². The van der Waals surface area contributed by atoms with Gasteiger partial charge >= 0.3 is 5.97 Å². The van der Waals surface area contributed by atoms with E-state index >= 15 is 0 Å². The molecule has 2 saturated carbocycles. The van der Waals surface area contributed by atoms with Crippen LogP contribution in [0, 0.1) is 29.6 Å². The molecule has 21 heavy (non-hydrogen) atoms. The quantitative estimate of drug-likeness (QED) is 0.529. The molecule has 2 fully saturated rings. The van der Waals surface area contributed by atoms with Gasteiger partial charge in [0.15, 0.2) is 0 Å². The molecule has 0 aliphatic heterocycles. The third kappa shape index (κ3) is 3.91. The molecule has 0 radical (unpaired) electrons. The maximum absolute atomic E-state index is 12.6. The second kappa shape index (κ2) is 5.71. The summed E-state index contributed by atoms with van der Waals surface area (Å²) in [6, 6.07) is 1.22. The van der Waals surface area contributed by atoms with Crippen LogP contribution in [0.25, 0.3) is 0 Å². The number of carbonyl (C=O) groups is 1. The largest absolute Gasteiger partial charge is 0.459 e. The Labute approximate surface area is 132 Å². The summed E-state index contributed by atoms with van der Waals surface area (Å²) in [4.78, 5) is 12.6. The Balaban J connectivity index is 1.90. The second-order valence-electron chi connectivity index (χ2n) is 9.46. The van der Waals surface area contributed by atoms with Crippen LogP contribution in [0.5, 0.6) is 0 Å². The molecule has 0 aromatic rings. The number of hydrogen-bond acceptors (Lipinski definition) is 2. The van der Waals surface area contributed by atoms with Crippen LogP contribution in [0.1, 0.15) is 47.0 Å². The van der Waals surface area contributed by atoms with Crippen LogP contribution in [-0.2, 0) is 9.53 Å². The number of carbonyl (C=O) groups excluding carboxylic acids is 1. The van der Waals surface area contributed by atoms with Gasteiger partial charge in [0.2, 0.25) is 0 Å². The molecule has 5 unspecified atom stereocenters. The summed E-state index contributed by atoms with van der Waals surface area (Å²) >= 11 is 0. The van der Waals surface area contributed by atoms with Crippen LogP contribution in [0.15, 0.2) is 0 Å². The van der Waals surface area contributed by atoms with E-state index < -0.39 is 8.07 Å². The van der Waals surface area contributed by atoms with Crippen LogP contribution in [0.2, 0.25) is 25.7 Å². The molecule has 0 N–H and O–H groups in total. The van der Waals surface area contributed by atoms with Crippen LogP contribution < -0.4 is 0 Å². The SMILES string of the molecule is CC1C2CC(C(=O)OC(C)(C)CC[Si](C)(C)C)C(C2)C1C. The number of ether oxygens (including phenoxy) is 1. The molecule has 0 saturated heterocycles. The summed E-state index contributed by atoms with van der Waals surface area (Å²) < 4.78 is 5.94. The maximum atomic E-state index is 12.6. The first-order chi connectivity index (χ1) is 9.50. The molecule has 2 bridgehead atoms. The highest BCUT2D eigenvalue weighted by Gasteiger charge is 2.52. The van der Waals surface area contributed by atoms with Gasteiger partial charge in [0, 0.05) is 8.07 Å². The van der Waals surface area contributed by atoms with E-state index in [0.29, 0.717) is 11.8 Å². The maximum Gasteiger partial charge on any atom is 0.309 e. The van der Waals surface area contributed by atoms with Crippen LogP contribution in [0.3, 0.4) is 0 Å². The molecule has 2 aliphatic carbocycles. The van der Waals surface area contributed by atoms with Gasteiger partial charge in [0.05, 0.1) is 5.92 Å². The predicted molar refractivity (Wildman–Crippen MR) is 91.0 cm³/mol. The molecule has 0 aromatic heterocycles. The van der Waals surface area contributed by atoms with E-state index in [1.165, 1.54) is 12.5 Å². The van der Waals surface area contributed by atoms with Crippen molar-refractivity contribution in [1.82, 2.24) is 0 Å². The van der Waals surface area contributed by atoms with Crippen LogP contribution in [0.4, 0.5) is 0 Å². The fraction of sp³-hybridized carbons (Fsp3) is 0.944. The lowest BCUT2D eigenvalue weighted by atomic mass is 9.76. The Bertz CT molecular complexity index is 395. The Morgan fingerprint density at radius 2 is 1.76 bits per heavy atom. The van der Waals surface area contributed by atoms with Gasteiger partial charge in [-0.2, -0.15) is 0 Å². The molecule has 0 amide bonds. The summed E-state index contributed by atoms with van der Waals surface area (Å²) in [6.07, 6.45) is 3.32. The molecule has 5 atom stereocenters. The van der Waals surface area contributed by atoms with E-state index in [4.69, 9.17) is 4.74 Å². The van der Waals surface area contributed by atoms with Crippen molar-refractivity contribution in [3.63, 3.8) is 0 Å². The molecular weight excluding hydrogens is 276 g/mol. The van der Waals surface area contributed by atoms with Gasteiger partial charge in [-0.25, -0.2) is 0 Å². The van der Waals surface area contributed by atoms with Crippen molar-refractivity contribution in [2.45, 2.75) is 78.2 Å². The van der Waals surface area contributed by atoms with Crippen molar-refractivity contribution in [2.75, 3.05) is 0 Å². The molecule has 3 heteroatoms. The van der Waals surface area contributed by atoms with E-state index in [-0.39, 0.29) is 17.5 Å². The lowest BCUT2D eigenvalue weighted by Crippen LogP contribution is -2.37. The lowest BCUT2D eigenvalue weighted by Gasteiger charge is -2.34. The van der Waals surface area contributed by atoms with Crippen molar-refractivity contribution < 1.29 is 9.53 Å². The standard InChI is InChI=1S/C18H34O2Si/c1-12-13(2)15-10-14(12)11-16(15)17(19)20-18(3,4)8-9-21(5,6)7/h12-16H,8-11H2,1-7H3. The summed E-state index contributed by atoms with van der Waals surface area (Å²) in [5.41, 5.74) is -0.298. The highest BCUT2D eigenvalue weighted by Crippen LogP contribution is 2.55. The van der Waals surface area contributed by atoms with Crippen molar-refractivity contribution in [2.24, 2.45) is 29.6 Å². The molecule has 0 aromatic carbocycles. The number of rotatable bonds is 5. The molecule has 2 aliphatic rings. The first-order valence-electron chi connectivity index (χ1n) is 8.73. The van der Waals surface area contributed by atoms with E-state index in [1.807, 2.05) is 0 Å². The second-order valence-corrected chi connectivity index (χ2v) is 15.1. The number of fused-ring (bicyclic) bond motifs is 2. The highest BCUT2D eigenvalue weighted by molar-refractivity contribution is 6.76. The first-order valence-corrected chi connectivity index (χ1v) is 12.4. The van der Waals surface area contributed by atoms with Gasteiger partial charge in [-0.3, -0.25) is 4.79 Å². The summed E-state index contributed by atoms with van der Waals surface area (Å²) in [5.74, 6) is 3.07. The molecule has 0 spiro atoms. The lowest BCUT2D eigenvalue weighted by molar-refractivity contribution is -0.164. The van der Waals surface area contributed by atoms with Crippen molar-refractivity contribution in [3.05, 3.63) is 0 Å². The Morgan fingerprint density at radius 1 is 1.14 bits per heavy atom. The third-order valence-electron chi connectivity index (χ3n) is 6.05. The van der Waals surface area contributed by atoms with E-state index in [1.54, 1.807) is 0 Å². The van der Waals surface area contributed by atoms with Gasteiger partial charge in [0.1, 0.15) is 5.60 Å². The molecule has 0 heterocycles. The topological polar surface area (TPSA) is 26.3 Å². The average Bonchev–Trinajstić information content (AvgIpc) is 2.87.